The first kappa shape index (κ1) is 20.4. The maximum absolute atomic E-state index is 11.7. The Hall–Kier alpha value is -2.38. The molecule has 0 saturated carbocycles. The molecule has 1 fully saturated rings. The average molecular weight is 423 g/mol. The normalized spacial score (nSPS) is 14.8. The lowest BCUT2D eigenvalue weighted by atomic mass is 9.95. The smallest absolute Gasteiger partial charge is 0.354 e. The van der Waals surface area contributed by atoms with Crippen molar-refractivity contribution in [3.8, 4) is 0 Å². The molecule has 1 aliphatic rings. The first-order chi connectivity index (χ1) is 13.3. The summed E-state index contributed by atoms with van der Waals surface area (Å²) in [7, 11) is 0. The lowest BCUT2D eigenvalue weighted by molar-refractivity contribution is -0.129. The molecule has 1 aromatic carbocycles. The van der Waals surface area contributed by atoms with Gasteiger partial charge in [-0.15, -0.1) is 0 Å². The summed E-state index contributed by atoms with van der Waals surface area (Å²) in [6.07, 6.45) is 1.38. The number of rotatable bonds is 4. The number of carboxylic acids is 1. The van der Waals surface area contributed by atoms with E-state index in [1.165, 1.54) is 0 Å². The first-order valence-corrected chi connectivity index (χ1v) is 9.61. The lowest BCUT2D eigenvalue weighted by Crippen LogP contribution is -2.36. The molecule has 0 spiro atoms. The van der Waals surface area contributed by atoms with E-state index in [2.05, 4.69) is 15.3 Å². The third-order valence-electron chi connectivity index (χ3n) is 4.85. The summed E-state index contributed by atoms with van der Waals surface area (Å²) in [5, 5.41) is 13.5. The molecule has 2 heterocycles. The van der Waals surface area contributed by atoms with Crippen LogP contribution in [-0.2, 0) is 4.79 Å². The van der Waals surface area contributed by atoms with E-state index in [4.69, 9.17) is 23.2 Å². The number of carboxylic acid groups (broad SMARTS) is 1. The molecule has 7 nitrogen and oxygen atoms in total. The topological polar surface area (TPSA) is 95.4 Å². The van der Waals surface area contributed by atoms with Gasteiger partial charge in [-0.1, -0.05) is 23.2 Å². The standard InChI is InChI=1S/C19H20Cl2N4O3/c1-10-16(19(27)28)23-18(12-5-7-25(8-6-12)11(2)26)24-17(10)22-13-3-4-14(20)15(21)9-13/h3-4,9,12H,5-8H2,1-2H3,(H,27,28)(H,22,23,24). The maximum Gasteiger partial charge on any atom is 0.354 e. The van der Waals surface area contributed by atoms with E-state index in [0.717, 1.165) is 0 Å². The molecule has 1 saturated heterocycles. The predicted molar refractivity (Wildman–Crippen MR) is 108 cm³/mol. The van der Waals surface area contributed by atoms with Gasteiger partial charge in [-0.05, 0) is 38.0 Å². The summed E-state index contributed by atoms with van der Waals surface area (Å²) in [5.74, 6) is -0.205. The van der Waals surface area contributed by atoms with Crippen LogP contribution in [0, 0.1) is 6.92 Å². The first-order valence-electron chi connectivity index (χ1n) is 8.85. The number of likely N-dealkylation sites (tertiary alicyclic amines) is 1. The number of halogens is 2. The van der Waals surface area contributed by atoms with Crippen molar-refractivity contribution in [3.63, 3.8) is 0 Å². The van der Waals surface area contributed by atoms with Crippen LogP contribution in [0.4, 0.5) is 11.5 Å². The molecular formula is C19H20Cl2N4O3. The summed E-state index contributed by atoms with van der Waals surface area (Å²) in [4.78, 5) is 33.9. The Labute approximate surface area is 172 Å². The minimum absolute atomic E-state index is 0.0105. The van der Waals surface area contributed by atoms with Crippen LogP contribution in [0.3, 0.4) is 0 Å². The van der Waals surface area contributed by atoms with Crippen molar-refractivity contribution in [1.29, 1.82) is 0 Å². The van der Waals surface area contributed by atoms with Crippen LogP contribution in [0.15, 0.2) is 18.2 Å². The van der Waals surface area contributed by atoms with Crippen LogP contribution in [0.1, 0.15) is 47.6 Å². The number of nitrogens with one attached hydrogen (secondary N) is 1. The third-order valence-corrected chi connectivity index (χ3v) is 5.59. The van der Waals surface area contributed by atoms with E-state index in [1.54, 1.807) is 36.9 Å². The zero-order valence-electron chi connectivity index (χ0n) is 15.5. The van der Waals surface area contributed by atoms with E-state index in [9.17, 15) is 14.7 Å². The molecule has 2 aromatic rings. The Bertz CT molecular complexity index is 928. The maximum atomic E-state index is 11.7. The van der Waals surface area contributed by atoms with Gasteiger partial charge in [0.25, 0.3) is 0 Å². The molecule has 0 aliphatic carbocycles. The highest BCUT2D eigenvalue weighted by molar-refractivity contribution is 6.42. The molecule has 2 N–H and O–H groups in total. The number of hydrogen-bond donors (Lipinski definition) is 2. The van der Waals surface area contributed by atoms with E-state index in [-0.39, 0.29) is 17.5 Å². The highest BCUT2D eigenvalue weighted by Gasteiger charge is 2.26. The van der Waals surface area contributed by atoms with Gasteiger partial charge in [0.05, 0.1) is 10.0 Å². The molecule has 148 valence electrons. The SMILES string of the molecule is CC(=O)N1CCC(c2nc(Nc3ccc(Cl)c(Cl)c3)c(C)c(C(=O)O)n2)CC1. The fourth-order valence-corrected chi connectivity index (χ4v) is 3.51. The van der Waals surface area contributed by atoms with E-state index < -0.39 is 5.97 Å². The number of aromatic carboxylic acids is 1. The minimum atomic E-state index is -1.11. The van der Waals surface area contributed by atoms with Gasteiger partial charge in [0, 0.05) is 37.2 Å². The summed E-state index contributed by atoms with van der Waals surface area (Å²) in [6, 6.07) is 5.04. The molecule has 0 unspecified atom stereocenters. The van der Waals surface area contributed by atoms with Crippen molar-refractivity contribution in [1.82, 2.24) is 14.9 Å². The van der Waals surface area contributed by atoms with Gasteiger partial charge in [-0.2, -0.15) is 0 Å². The van der Waals surface area contributed by atoms with Crippen LogP contribution in [0.2, 0.25) is 10.0 Å². The zero-order valence-corrected chi connectivity index (χ0v) is 17.0. The Morgan fingerprint density at radius 1 is 1.18 bits per heavy atom. The van der Waals surface area contributed by atoms with Gasteiger partial charge in [-0.3, -0.25) is 4.79 Å². The van der Waals surface area contributed by atoms with Gasteiger partial charge < -0.3 is 15.3 Å². The van der Waals surface area contributed by atoms with Crippen molar-refractivity contribution >= 4 is 46.6 Å². The summed E-state index contributed by atoms with van der Waals surface area (Å²) < 4.78 is 0. The number of amides is 1. The van der Waals surface area contributed by atoms with Gasteiger partial charge in [0.2, 0.25) is 5.91 Å². The fourth-order valence-electron chi connectivity index (χ4n) is 3.21. The lowest BCUT2D eigenvalue weighted by Gasteiger charge is -2.30. The number of carbonyl (C=O) groups is 2. The molecule has 1 aliphatic heterocycles. The van der Waals surface area contributed by atoms with Crippen LogP contribution >= 0.6 is 23.2 Å². The minimum Gasteiger partial charge on any atom is -0.476 e. The molecule has 0 radical (unpaired) electrons. The summed E-state index contributed by atoms with van der Waals surface area (Å²) in [6.45, 7) is 4.42. The second-order valence-electron chi connectivity index (χ2n) is 6.74. The molecule has 0 bridgehead atoms. The van der Waals surface area contributed by atoms with Crippen molar-refractivity contribution in [2.45, 2.75) is 32.6 Å². The quantitative estimate of drug-likeness (QED) is 0.763. The van der Waals surface area contributed by atoms with Gasteiger partial charge in [0.15, 0.2) is 5.69 Å². The summed E-state index contributed by atoms with van der Waals surface area (Å²) in [5.41, 5.74) is 1.04. The number of piperidine rings is 1. The number of benzene rings is 1. The fraction of sp³-hybridized carbons (Fsp3) is 0.368. The molecule has 9 heteroatoms. The zero-order chi connectivity index (χ0) is 20.4. The number of hydrogen-bond acceptors (Lipinski definition) is 5. The second-order valence-corrected chi connectivity index (χ2v) is 7.56. The molecule has 0 atom stereocenters. The molecular weight excluding hydrogens is 403 g/mol. The number of carbonyl (C=O) groups excluding carboxylic acids is 1. The monoisotopic (exact) mass is 422 g/mol. The third kappa shape index (κ3) is 4.36. The van der Waals surface area contributed by atoms with Crippen LogP contribution in [0.25, 0.3) is 0 Å². The van der Waals surface area contributed by atoms with Crippen LogP contribution in [-0.4, -0.2) is 44.9 Å². The highest BCUT2D eigenvalue weighted by Crippen LogP contribution is 2.31. The Kier molecular flexibility index (Phi) is 6.05. The Morgan fingerprint density at radius 3 is 2.43 bits per heavy atom. The van der Waals surface area contributed by atoms with Gasteiger partial charge >= 0.3 is 5.97 Å². The summed E-state index contributed by atoms with van der Waals surface area (Å²) >= 11 is 12.0. The molecule has 3 rings (SSSR count). The number of anilines is 2. The average Bonchev–Trinajstić information content (AvgIpc) is 2.66. The number of nitrogens with zero attached hydrogens (tertiary/aromatic N) is 3. The molecule has 28 heavy (non-hydrogen) atoms. The van der Waals surface area contributed by atoms with Crippen molar-refractivity contribution in [2.75, 3.05) is 18.4 Å². The number of aromatic nitrogens is 2. The van der Waals surface area contributed by atoms with Crippen LogP contribution < -0.4 is 5.32 Å². The van der Waals surface area contributed by atoms with E-state index in [1.807, 2.05) is 0 Å². The Morgan fingerprint density at radius 2 is 1.86 bits per heavy atom. The van der Waals surface area contributed by atoms with Gasteiger partial charge in [-0.25, -0.2) is 14.8 Å². The Balaban J connectivity index is 1.92. The second kappa shape index (κ2) is 8.32. The highest BCUT2D eigenvalue weighted by atomic mass is 35.5. The molecule has 1 aromatic heterocycles. The van der Waals surface area contributed by atoms with Crippen molar-refractivity contribution in [2.24, 2.45) is 0 Å². The predicted octanol–water partition coefficient (Wildman–Crippen LogP) is 4.26. The van der Waals surface area contributed by atoms with Crippen molar-refractivity contribution in [3.05, 3.63) is 45.3 Å². The largest absolute Gasteiger partial charge is 0.476 e. The van der Waals surface area contributed by atoms with E-state index >= 15 is 0 Å². The van der Waals surface area contributed by atoms with Crippen LogP contribution in [0.5, 0.6) is 0 Å². The van der Waals surface area contributed by atoms with Crippen molar-refractivity contribution < 1.29 is 14.7 Å². The van der Waals surface area contributed by atoms with Gasteiger partial charge in [0.1, 0.15) is 11.6 Å². The van der Waals surface area contributed by atoms with E-state index in [0.29, 0.717) is 58.9 Å². The molecule has 1 amide bonds.